The lowest BCUT2D eigenvalue weighted by atomic mass is 9.92. The lowest BCUT2D eigenvalue weighted by Gasteiger charge is -2.21. The standard InChI is InChI=1S/C63H40N4O2/c1-4-17-39(18-5-1)42-32-34-55-53(35-42)45-23-10-13-28-54(45)67(55)59-51(40-19-6-2-7-20-40)36-44(37-52(59)41-21-8-3-9-22-41)62-64-61(43-31-33-48-46-24-11-14-29-56(46)68-58(48)38-43)65-63(66-62)50-27-16-26-49-47-25-12-15-30-57(47)69-60(49)50/h1-37,43H,38H2. The van der Waals surface area contributed by atoms with Gasteiger partial charge in [0.05, 0.1) is 22.3 Å². The maximum absolute atomic E-state index is 6.63. The lowest BCUT2D eigenvalue weighted by molar-refractivity contribution is 0.527. The Labute approximate surface area is 397 Å². The van der Waals surface area contributed by atoms with Crippen LogP contribution < -0.4 is 0 Å². The van der Waals surface area contributed by atoms with Crippen LogP contribution in [0.15, 0.2) is 227 Å². The highest BCUT2D eigenvalue weighted by molar-refractivity contribution is 6.12. The van der Waals surface area contributed by atoms with Crippen molar-refractivity contribution < 1.29 is 8.83 Å². The van der Waals surface area contributed by atoms with Crippen molar-refractivity contribution in [3.8, 4) is 61.8 Å². The molecule has 4 aromatic heterocycles. The Balaban J connectivity index is 1.04. The molecule has 1 atom stereocenters. The van der Waals surface area contributed by atoms with Crippen molar-refractivity contribution >= 4 is 60.8 Å². The van der Waals surface area contributed by atoms with Gasteiger partial charge in [-0.1, -0.05) is 176 Å². The Morgan fingerprint density at radius 1 is 0.406 bits per heavy atom. The number of aromatic nitrogens is 4. The van der Waals surface area contributed by atoms with E-state index in [9.17, 15) is 0 Å². The van der Waals surface area contributed by atoms with Gasteiger partial charge < -0.3 is 13.4 Å². The second kappa shape index (κ2) is 15.8. The molecule has 69 heavy (non-hydrogen) atoms. The highest BCUT2D eigenvalue weighted by Crippen LogP contribution is 2.45. The molecule has 0 saturated heterocycles. The van der Waals surface area contributed by atoms with Crippen LogP contribution in [0.5, 0.6) is 0 Å². The predicted molar refractivity (Wildman–Crippen MR) is 280 cm³/mol. The number of benzene rings is 9. The van der Waals surface area contributed by atoms with E-state index in [4.69, 9.17) is 23.8 Å². The first-order valence-corrected chi connectivity index (χ1v) is 23.4. The van der Waals surface area contributed by atoms with Gasteiger partial charge >= 0.3 is 0 Å². The maximum atomic E-state index is 6.63. The summed E-state index contributed by atoms with van der Waals surface area (Å²) in [6, 6.07) is 74.8. The summed E-state index contributed by atoms with van der Waals surface area (Å²) in [5.41, 5.74) is 15.2. The van der Waals surface area contributed by atoms with Gasteiger partial charge in [-0.15, -0.1) is 0 Å². The van der Waals surface area contributed by atoms with Gasteiger partial charge in [-0.2, -0.15) is 0 Å². The quantitative estimate of drug-likeness (QED) is 0.159. The van der Waals surface area contributed by atoms with Crippen molar-refractivity contribution in [3.63, 3.8) is 0 Å². The van der Waals surface area contributed by atoms with Crippen molar-refractivity contribution in [3.05, 3.63) is 236 Å². The zero-order valence-electron chi connectivity index (χ0n) is 37.3. The van der Waals surface area contributed by atoms with Crippen LogP contribution >= 0.6 is 0 Å². The first-order chi connectivity index (χ1) is 34.2. The molecule has 1 unspecified atom stereocenters. The van der Waals surface area contributed by atoms with E-state index >= 15 is 0 Å². The zero-order chi connectivity index (χ0) is 45.4. The van der Waals surface area contributed by atoms with E-state index in [1.165, 1.54) is 21.9 Å². The molecule has 1 aliphatic carbocycles. The average molecular weight is 885 g/mol. The highest BCUT2D eigenvalue weighted by atomic mass is 16.3. The number of nitrogens with zero attached hydrogens (tertiary/aromatic N) is 4. The van der Waals surface area contributed by atoms with Crippen molar-refractivity contribution in [1.82, 2.24) is 19.5 Å². The van der Waals surface area contributed by atoms with Crippen LogP contribution in [0.4, 0.5) is 0 Å². The summed E-state index contributed by atoms with van der Waals surface area (Å²) >= 11 is 0. The number of rotatable bonds is 7. The largest absolute Gasteiger partial charge is 0.460 e. The molecule has 6 nitrogen and oxygen atoms in total. The summed E-state index contributed by atoms with van der Waals surface area (Å²) in [6.07, 6.45) is 5.00. The lowest BCUT2D eigenvalue weighted by Crippen LogP contribution is -2.11. The molecule has 9 aromatic carbocycles. The Hall–Kier alpha value is -9.13. The van der Waals surface area contributed by atoms with E-state index in [0.717, 1.165) is 94.3 Å². The Bertz CT molecular complexity index is 4100. The van der Waals surface area contributed by atoms with Crippen LogP contribution in [0.25, 0.3) is 123 Å². The van der Waals surface area contributed by atoms with Gasteiger partial charge in [0.15, 0.2) is 11.6 Å². The van der Waals surface area contributed by atoms with Crippen LogP contribution in [0.3, 0.4) is 0 Å². The second-order valence-electron chi connectivity index (χ2n) is 17.8. The van der Waals surface area contributed by atoms with Crippen LogP contribution in [-0.4, -0.2) is 19.5 Å². The van der Waals surface area contributed by atoms with Crippen LogP contribution in [0.2, 0.25) is 0 Å². The van der Waals surface area contributed by atoms with E-state index in [1.54, 1.807) is 0 Å². The van der Waals surface area contributed by atoms with Gasteiger partial charge in [0.25, 0.3) is 0 Å². The fourth-order valence-corrected chi connectivity index (χ4v) is 10.5. The Kier molecular flexibility index (Phi) is 8.92. The number of hydrogen-bond donors (Lipinski definition) is 0. The van der Waals surface area contributed by atoms with Gasteiger partial charge in [-0.25, -0.2) is 15.0 Å². The minimum absolute atomic E-state index is 0.173. The van der Waals surface area contributed by atoms with E-state index in [0.29, 0.717) is 23.9 Å². The Morgan fingerprint density at radius 2 is 1.00 bits per heavy atom. The molecule has 0 fully saturated rings. The predicted octanol–water partition coefficient (Wildman–Crippen LogP) is 16.3. The average Bonchev–Trinajstić information content (AvgIpc) is 4.10. The van der Waals surface area contributed by atoms with Crippen molar-refractivity contribution in [1.29, 1.82) is 0 Å². The van der Waals surface area contributed by atoms with Gasteiger partial charge in [-0.3, -0.25) is 0 Å². The van der Waals surface area contributed by atoms with E-state index in [1.807, 2.05) is 30.3 Å². The summed E-state index contributed by atoms with van der Waals surface area (Å²) in [5.74, 6) is 2.53. The SMILES string of the molecule is C1=CC(c2nc(-c3cc(-c4ccccc4)c(-n4c5ccccc5c5cc(-c6ccccc6)ccc54)c(-c4ccccc4)c3)nc(-c3cccc4c3oc3ccccc34)n2)Cc2oc3ccccc3c21. The molecule has 4 heterocycles. The van der Waals surface area contributed by atoms with E-state index in [2.05, 4.69) is 199 Å². The molecular formula is C63H40N4O2. The van der Waals surface area contributed by atoms with Crippen LogP contribution in [0.1, 0.15) is 23.1 Å². The molecule has 0 radical (unpaired) electrons. The number of furan rings is 2. The molecule has 0 spiro atoms. The van der Waals surface area contributed by atoms with E-state index in [-0.39, 0.29) is 5.92 Å². The smallest absolute Gasteiger partial charge is 0.167 e. The molecule has 13 aromatic rings. The second-order valence-corrected chi connectivity index (χ2v) is 17.8. The topological polar surface area (TPSA) is 69.9 Å². The Morgan fingerprint density at radius 3 is 1.74 bits per heavy atom. The summed E-state index contributed by atoms with van der Waals surface area (Å²) in [4.78, 5) is 16.2. The minimum Gasteiger partial charge on any atom is -0.460 e. The summed E-state index contributed by atoms with van der Waals surface area (Å²) in [6.45, 7) is 0. The van der Waals surface area contributed by atoms with Crippen molar-refractivity contribution in [2.75, 3.05) is 0 Å². The molecule has 0 saturated carbocycles. The monoisotopic (exact) mass is 884 g/mol. The molecule has 1 aliphatic rings. The highest BCUT2D eigenvalue weighted by Gasteiger charge is 2.28. The van der Waals surface area contributed by atoms with Gasteiger partial charge in [0.2, 0.25) is 0 Å². The number of para-hydroxylation sites is 4. The third-order valence-corrected chi connectivity index (χ3v) is 13.8. The molecule has 0 bridgehead atoms. The zero-order valence-corrected chi connectivity index (χ0v) is 37.3. The molecule has 0 N–H and O–H groups in total. The summed E-state index contributed by atoms with van der Waals surface area (Å²) in [5, 5.41) is 5.55. The summed E-state index contributed by atoms with van der Waals surface area (Å²) in [7, 11) is 0. The van der Waals surface area contributed by atoms with Crippen molar-refractivity contribution in [2.24, 2.45) is 0 Å². The fraction of sp³-hybridized carbons (Fsp3) is 0.0317. The first-order valence-electron chi connectivity index (χ1n) is 23.4. The third kappa shape index (κ3) is 6.45. The normalized spacial score (nSPS) is 13.5. The first kappa shape index (κ1) is 39.1. The van der Waals surface area contributed by atoms with Crippen LogP contribution in [-0.2, 0) is 6.42 Å². The number of allylic oxidation sites excluding steroid dienone is 1. The summed E-state index contributed by atoms with van der Waals surface area (Å²) < 4.78 is 15.6. The van der Waals surface area contributed by atoms with Crippen molar-refractivity contribution in [2.45, 2.75) is 12.3 Å². The van der Waals surface area contributed by atoms with Gasteiger partial charge in [0.1, 0.15) is 28.3 Å². The minimum atomic E-state index is -0.173. The molecule has 0 aliphatic heterocycles. The molecular weight excluding hydrogens is 845 g/mol. The molecule has 6 heteroatoms. The maximum Gasteiger partial charge on any atom is 0.167 e. The molecule has 0 amide bonds. The van der Waals surface area contributed by atoms with E-state index < -0.39 is 0 Å². The van der Waals surface area contributed by atoms with Gasteiger partial charge in [0, 0.05) is 61.5 Å². The number of fused-ring (bicyclic) bond motifs is 9. The third-order valence-electron chi connectivity index (χ3n) is 13.8. The fourth-order valence-electron chi connectivity index (χ4n) is 10.5. The molecule has 14 rings (SSSR count). The van der Waals surface area contributed by atoms with Gasteiger partial charge in [-0.05, 0) is 70.8 Å². The van der Waals surface area contributed by atoms with Crippen LogP contribution in [0, 0.1) is 0 Å². The number of hydrogen-bond acceptors (Lipinski definition) is 5. The molecule has 324 valence electrons.